The molecule has 0 fully saturated rings. The van der Waals surface area contributed by atoms with Crippen molar-refractivity contribution in [3.8, 4) is 12.3 Å². The number of nitrogens with zero attached hydrogens (tertiary/aromatic N) is 1. The quantitative estimate of drug-likeness (QED) is 0.639. The van der Waals surface area contributed by atoms with Gasteiger partial charge in [0.1, 0.15) is 0 Å². The summed E-state index contributed by atoms with van der Waals surface area (Å²) in [5.41, 5.74) is 9.39. The molecule has 0 aromatic carbocycles. The van der Waals surface area contributed by atoms with Crippen LogP contribution in [-0.4, -0.2) is 4.57 Å². The van der Waals surface area contributed by atoms with Crippen LogP contribution in [0.5, 0.6) is 0 Å². The first-order valence-electron chi connectivity index (χ1n) is 6.90. The zero-order chi connectivity index (χ0) is 13.2. The number of nitrogens with two attached hydrogens (primary N) is 1. The fraction of sp³-hybridized carbons (Fsp3) is 0.625. The molecule has 1 atom stereocenters. The Morgan fingerprint density at radius 3 is 3.00 bits per heavy atom. The van der Waals surface area contributed by atoms with E-state index in [0.717, 1.165) is 38.6 Å². The van der Waals surface area contributed by atoms with Gasteiger partial charge in [0.25, 0.3) is 0 Å². The van der Waals surface area contributed by atoms with Gasteiger partial charge < -0.3 is 10.3 Å². The summed E-state index contributed by atoms with van der Waals surface area (Å²) in [7, 11) is 0. The lowest BCUT2D eigenvalue weighted by molar-refractivity contribution is 0.275. The average Bonchev–Trinajstić information content (AvgIpc) is 2.66. The van der Waals surface area contributed by atoms with Crippen molar-refractivity contribution in [2.24, 2.45) is 11.1 Å². The maximum Gasteiger partial charge on any atom is 0.0318 e. The lowest BCUT2D eigenvalue weighted by Crippen LogP contribution is -2.30. The van der Waals surface area contributed by atoms with Gasteiger partial charge in [-0.25, -0.2) is 0 Å². The highest BCUT2D eigenvalue weighted by atomic mass is 15.0. The van der Waals surface area contributed by atoms with Crippen molar-refractivity contribution in [1.82, 2.24) is 4.57 Å². The van der Waals surface area contributed by atoms with E-state index in [4.69, 9.17) is 12.2 Å². The molecule has 0 bridgehead atoms. The Balaban J connectivity index is 2.08. The van der Waals surface area contributed by atoms with E-state index in [1.807, 2.05) is 0 Å². The lowest BCUT2D eigenvalue weighted by Gasteiger charge is -2.34. The number of rotatable bonds is 4. The molecule has 2 rings (SSSR count). The third-order valence-electron chi connectivity index (χ3n) is 3.90. The molecule has 1 aromatic heterocycles. The van der Waals surface area contributed by atoms with Crippen molar-refractivity contribution in [3.63, 3.8) is 0 Å². The molecule has 0 amide bonds. The highest BCUT2D eigenvalue weighted by Gasteiger charge is 2.32. The number of aryl methyl sites for hydroxylation is 1. The summed E-state index contributed by atoms with van der Waals surface area (Å²) in [4.78, 5) is 0. The second-order valence-corrected chi connectivity index (χ2v) is 6.22. The minimum Gasteiger partial charge on any atom is -0.351 e. The van der Waals surface area contributed by atoms with Crippen LogP contribution in [0.4, 0.5) is 0 Å². The van der Waals surface area contributed by atoms with E-state index in [-0.39, 0.29) is 6.04 Å². The van der Waals surface area contributed by atoms with E-state index in [1.165, 1.54) is 11.3 Å². The Labute approximate surface area is 111 Å². The molecule has 1 unspecified atom stereocenters. The molecule has 0 radical (unpaired) electrons. The molecule has 1 aromatic rings. The van der Waals surface area contributed by atoms with Gasteiger partial charge in [0.05, 0.1) is 0 Å². The fourth-order valence-electron chi connectivity index (χ4n) is 3.01. The minimum absolute atomic E-state index is 0.204. The summed E-state index contributed by atoms with van der Waals surface area (Å²) in [5, 5.41) is 0. The molecule has 2 nitrogen and oxygen atoms in total. The van der Waals surface area contributed by atoms with Crippen LogP contribution >= 0.6 is 0 Å². The second kappa shape index (κ2) is 5.20. The largest absolute Gasteiger partial charge is 0.351 e. The van der Waals surface area contributed by atoms with Crippen LogP contribution in [0, 0.1) is 17.8 Å². The van der Waals surface area contributed by atoms with Crippen LogP contribution in [0.15, 0.2) is 12.3 Å². The molecule has 18 heavy (non-hydrogen) atoms. The van der Waals surface area contributed by atoms with Crippen LogP contribution in [0.2, 0.25) is 0 Å². The number of hydrogen-bond donors (Lipinski definition) is 1. The molecule has 2 heteroatoms. The van der Waals surface area contributed by atoms with Gasteiger partial charge in [-0.1, -0.05) is 13.8 Å². The highest BCUT2D eigenvalue weighted by molar-refractivity contribution is 5.30. The van der Waals surface area contributed by atoms with Crippen molar-refractivity contribution in [1.29, 1.82) is 0 Å². The van der Waals surface area contributed by atoms with Crippen LogP contribution in [0.25, 0.3) is 0 Å². The molecule has 2 N–H and O–H groups in total. The third kappa shape index (κ3) is 2.79. The number of fused-ring (bicyclic) bond motifs is 1. The summed E-state index contributed by atoms with van der Waals surface area (Å²) in [5.74, 6) is 2.70. The molecular weight excluding hydrogens is 220 g/mol. The maximum atomic E-state index is 6.27. The van der Waals surface area contributed by atoms with Crippen LogP contribution in [0.3, 0.4) is 0 Å². The summed E-state index contributed by atoms with van der Waals surface area (Å²) in [6.07, 6.45) is 12.8. The monoisotopic (exact) mass is 244 g/mol. The standard InChI is InChI=1S/C16H24N2/c1-4-5-6-7-9-18-10-8-13-14(17)11-16(2,3)12-15(13)18/h1,8,10,14H,5-7,9,11-12,17H2,2-3H3. The number of terminal acetylenes is 1. The first kappa shape index (κ1) is 13.2. The fourth-order valence-corrected chi connectivity index (χ4v) is 3.01. The van der Waals surface area contributed by atoms with E-state index < -0.39 is 0 Å². The third-order valence-corrected chi connectivity index (χ3v) is 3.90. The summed E-state index contributed by atoms with van der Waals surface area (Å²) in [6, 6.07) is 2.41. The van der Waals surface area contributed by atoms with Crippen molar-refractivity contribution in [2.75, 3.05) is 0 Å². The predicted molar refractivity (Wildman–Crippen MR) is 76.1 cm³/mol. The summed E-state index contributed by atoms with van der Waals surface area (Å²) in [6.45, 7) is 5.69. The molecule has 0 spiro atoms. The normalized spacial score (nSPS) is 21.3. The first-order chi connectivity index (χ1) is 8.53. The highest BCUT2D eigenvalue weighted by Crippen LogP contribution is 2.39. The molecular formula is C16H24N2. The van der Waals surface area contributed by atoms with Crippen molar-refractivity contribution < 1.29 is 0 Å². The Morgan fingerprint density at radius 2 is 2.28 bits per heavy atom. The van der Waals surface area contributed by atoms with Gasteiger partial charge in [-0.15, -0.1) is 12.3 Å². The Hall–Kier alpha value is -1.20. The smallest absolute Gasteiger partial charge is 0.0318 e. The second-order valence-electron chi connectivity index (χ2n) is 6.22. The molecule has 0 saturated carbocycles. The number of aromatic nitrogens is 1. The van der Waals surface area contributed by atoms with E-state index >= 15 is 0 Å². The van der Waals surface area contributed by atoms with Crippen LogP contribution in [-0.2, 0) is 13.0 Å². The topological polar surface area (TPSA) is 30.9 Å². The van der Waals surface area contributed by atoms with E-state index in [9.17, 15) is 0 Å². The molecule has 1 heterocycles. The van der Waals surface area contributed by atoms with E-state index in [0.29, 0.717) is 5.41 Å². The number of unbranched alkanes of at least 4 members (excludes halogenated alkanes) is 2. The zero-order valence-electron chi connectivity index (χ0n) is 11.6. The molecule has 98 valence electrons. The Bertz CT molecular complexity index is 448. The molecule has 0 saturated heterocycles. The zero-order valence-corrected chi connectivity index (χ0v) is 11.6. The van der Waals surface area contributed by atoms with Gasteiger partial charge in [-0.05, 0) is 42.7 Å². The number of hydrogen-bond acceptors (Lipinski definition) is 1. The molecule has 0 aliphatic heterocycles. The van der Waals surface area contributed by atoms with Gasteiger partial charge >= 0.3 is 0 Å². The van der Waals surface area contributed by atoms with Crippen LogP contribution in [0.1, 0.15) is 56.8 Å². The maximum absolute atomic E-state index is 6.27. The van der Waals surface area contributed by atoms with Gasteiger partial charge in [-0.3, -0.25) is 0 Å². The molecule has 1 aliphatic carbocycles. The minimum atomic E-state index is 0.204. The van der Waals surface area contributed by atoms with Crippen LogP contribution < -0.4 is 5.73 Å². The lowest BCUT2D eigenvalue weighted by atomic mass is 9.74. The Morgan fingerprint density at radius 1 is 1.50 bits per heavy atom. The SMILES string of the molecule is C#CCCCCn1ccc2c1CC(C)(C)CC2N. The van der Waals surface area contributed by atoms with Gasteiger partial charge in [0.15, 0.2) is 0 Å². The van der Waals surface area contributed by atoms with E-state index in [2.05, 4.69) is 36.6 Å². The summed E-state index contributed by atoms with van der Waals surface area (Å²) >= 11 is 0. The van der Waals surface area contributed by atoms with Gasteiger partial charge in [0, 0.05) is 30.9 Å². The van der Waals surface area contributed by atoms with Crippen molar-refractivity contribution >= 4 is 0 Å². The van der Waals surface area contributed by atoms with E-state index in [1.54, 1.807) is 0 Å². The van der Waals surface area contributed by atoms with Crippen molar-refractivity contribution in [2.45, 2.75) is 58.5 Å². The van der Waals surface area contributed by atoms with Crippen molar-refractivity contribution in [3.05, 3.63) is 23.5 Å². The van der Waals surface area contributed by atoms with Gasteiger partial charge in [0.2, 0.25) is 0 Å². The predicted octanol–water partition coefficient (Wildman–Crippen LogP) is 3.26. The Kier molecular flexibility index (Phi) is 3.82. The van der Waals surface area contributed by atoms with Gasteiger partial charge in [-0.2, -0.15) is 0 Å². The molecule has 1 aliphatic rings. The first-order valence-corrected chi connectivity index (χ1v) is 6.90. The summed E-state index contributed by atoms with van der Waals surface area (Å²) < 4.78 is 2.38. The average molecular weight is 244 g/mol.